The number of aromatic nitrogens is 2. The lowest BCUT2D eigenvalue weighted by atomic mass is 10.8. The lowest BCUT2D eigenvalue weighted by Crippen LogP contribution is -1.84. The summed E-state index contributed by atoms with van der Waals surface area (Å²) in [7, 11) is 0. The molecule has 3 nitrogen and oxygen atoms in total. The minimum atomic E-state index is 0.844. The molecule has 0 amide bonds. The molecule has 0 bridgehead atoms. The van der Waals surface area contributed by atoms with Crippen LogP contribution in [-0.4, -0.2) is 23.4 Å². The summed E-state index contributed by atoms with van der Waals surface area (Å²) in [5, 5.41) is 6.21. The van der Waals surface area contributed by atoms with Gasteiger partial charge in [0.25, 0.3) is 0 Å². The monoisotopic (exact) mass is 142 g/mol. The Kier molecular flexibility index (Phi) is 7.49. The summed E-state index contributed by atoms with van der Waals surface area (Å²) in [6.07, 6.45) is 3.46. The number of ether oxygens (including phenoxy) is 1. The molecule has 0 radical (unpaired) electrons. The minimum absolute atomic E-state index is 0.844. The van der Waals surface area contributed by atoms with Crippen LogP contribution in [0.1, 0.15) is 13.8 Å². The number of hydrogen-bond donors (Lipinski definition) is 1. The number of hydrogen-bond acceptors (Lipinski definition) is 2. The highest BCUT2D eigenvalue weighted by Gasteiger charge is 1.64. The van der Waals surface area contributed by atoms with Crippen LogP contribution in [0.4, 0.5) is 0 Å². The molecule has 0 spiro atoms. The van der Waals surface area contributed by atoms with E-state index in [1.165, 1.54) is 0 Å². The van der Waals surface area contributed by atoms with E-state index in [9.17, 15) is 0 Å². The molecule has 58 valence electrons. The van der Waals surface area contributed by atoms with Gasteiger partial charge in [0.15, 0.2) is 0 Å². The summed E-state index contributed by atoms with van der Waals surface area (Å²) in [4.78, 5) is 0. The van der Waals surface area contributed by atoms with Crippen molar-refractivity contribution >= 4 is 0 Å². The third kappa shape index (κ3) is 7.17. The number of aromatic amines is 1. The first-order valence-electron chi connectivity index (χ1n) is 3.43. The van der Waals surface area contributed by atoms with E-state index in [0.717, 1.165) is 13.2 Å². The predicted octanol–water partition coefficient (Wildman–Crippen LogP) is 1.45. The molecule has 0 saturated heterocycles. The highest BCUT2D eigenvalue weighted by atomic mass is 16.5. The maximum absolute atomic E-state index is 4.83. The lowest BCUT2D eigenvalue weighted by molar-refractivity contribution is 0.162. The topological polar surface area (TPSA) is 37.9 Å². The lowest BCUT2D eigenvalue weighted by Gasteiger charge is -1.86. The zero-order valence-corrected chi connectivity index (χ0v) is 6.50. The van der Waals surface area contributed by atoms with Crippen LogP contribution in [0.3, 0.4) is 0 Å². The molecule has 1 rings (SSSR count). The Morgan fingerprint density at radius 2 is 2.10 bits per heavy atom. The molecular formula is C7H14N2O. The molecule has 1 N–H and O–H groups in total. The molecule has 0 saturated carbocycles. The van der Waals surface area contributed by atoms with Gasteiger partial charge in [-0.1, -0.05) is 0 Å². The maximum Gasteiger partial charge on any atom is 0.0487 e. The Morgan fingerprint density at radius 1 is 1.40 bits per heavy atom. The van der Waals surface area contributed by atoms with Crippen molar-refractivity contribution in [3.05, 3.63) is 18.5 Å². The highest BCUT2D eigenvalue weighted by molar-refractivity contribution is 4.72. The molecule has 1 heterocycles. The second-order valence-corrected chi connectivity index (χ2v) is 1.55. The average Bonchev–Trinajstić information content (AvgIpc) is 2.44. The van der Waals surface area contributed by atoms with Crippen LogP contribution in [0.15, 0.2) is 18.5 Å². The van der Waals surface area contributed by atoms with Crippen LogP contribution < -0.4 is 0 Å². The van der Waals surface area contributed by atoms with E-state index in [4.69, 9.17) is 4.74 Å². The van der Waals surface area contributed by atoms with Gasteiger partial charge in [-0.2, -0.15) is 5.10 Å². The Balaban J connectivity index is 0.000000162. The maximum atomic E-state index is 4.83. The highest BCUT2D eigenvalue weighted by Crippen LogP contribution is 1.65. The van der Waals surface area contributed by atoms with Crippen molar-refractivity contribution in [3.63, 3.8) is 0 Å². The summed E-state index contributed by atoms with van der Waals surface area (Å²) in [6, 6.07) is 1.83. The van der Waals surface area contributed by atoms with E-state index in [2.05, 4.69) is 10.2 Å². The SMILES string of the molecule is CCOCC.c1cn[nH]c1. The van der Waals surface area contributed by atoms with Crippen molar-refractivity contribution in [3.8, 4) is 0 Å². The number of nitrogens with zero attached hydrogens (tertiary/aromatic N) is 1. The van der Waals surface area contributed by atoms with Gasteiger partial charge in [0.1, 0.15) is 0 Å². The quantitative estimate of drug-likeness (QED) is 0.678. The van der Waals surface area contributed by atoms with Crippen molar-refractivity contribution in [2.45, 2.75) is 13.8 Å². The summed E-state index contributed by atoms with van der Waals surface area (Å²) in [5.74, 6) is 0. The second-order valence-electron chi connectivity index (χ2n) is 1.55. The molecular weight excluding hydrogens is 128 g/mol. The molecule has 3 heteroatoms. The van der Waals surface area contributed by atoms with Crippen LogP contribution in [0.25, 0.3) is 0 Å². The second kappa shape index (κ2) is 8.17. The van der Waals surface area contributed by atoms with E-state index in [0.29, 0.717) is 0 Å². The molecule has 0 aliphatic rings. The third-order valence-electron chi connectivity index (χ3n) is 0.814. The van der Waals surface area contributed by atoms with E-state index in [1.807, 2.05) is 19.9 Å². The van der Waals surface area contributed by atoms with E-state index in [1.54, 1.807) is 12.4 Å². The molecule has 10 heavy (non-hydrogen) atoms. The molecule has 1 aromatic rings. The van der Waals surface area contributed by atoms with Crippen molar-refractivity contribution in [1.82, 2.24) is 10.2 Å². The van der Waals surface area contributed by atoms with Crippen LogP contribution >= 0.6 is 0 Å². The van der Waals surface area contributed by atoms with E-state index >= 15 is 0 Å². The van der Waals surface area contributed by atoms with Gasteiger partial charge in [-0.15, -0.1) is 0 Å². The average molecular weight is 142 g/mol. The Bertz CT molecular complexity index is 97.9. The first-order valence-corrected chi connectivity index (χ1v) is 3.43. The molecule has 1 aromatic heterocycles. The zero-order valence-electron chi connectivity index (χ0n) is 6.50. The zero-order chi connectivity index (χ0) is 7.66. The minimum Gasteiger partial charge on any atom is -0.382 e. The van der Waals surface area contributed by atoms with Gasteiger partial charge < -0.3 is 4.74 Å². The van der Waals surface area contributed by atoms with Crippen molar-refractivity contribution in [2.24, 2.45) is 0 Å². The Hall–Kier alpha value is -0.830. The molecule has 0 unspecified atom stereocenters. The first kappa shape index (κ1) is 9.17. The van der Waals surface area contributed by atoms with Crippen LogP contribution in [0.2, 0.25) is 0 Å². The fraction of sp³-hybridized carbons (Fsp3) is 0.571. The smallest absolute Gasteiger partial charge is 0.0487 e. The summed E-state index contributed by atoms with van der Waals surface area (Å²) < 4.78 is 4.83. The summed E-state index contributed by atoms with van der Waals surface area (Å²) in [5.41, 5.74) is 0. The predicted molar refractivity (Wildman–Crippen MR) is 40.8 cm³/mol. The number of nitrogens with one attached hydrogen (secondary N) is 1. The van der Waals surface area contributed by atoms with Gasteiger partial charge in [0, 0.05) is 25.6 Å². The number of H-pyrrole nitrogens is 1. The summed E-state index contributed by atoms with van der Waals surface area (Å²) >= 11 is 0. The third-order valence-corrected chi connectivity index (χ3v) is 0.814. The fourth-order valence-corrected chi connectivity index (χ4v) is 0.419. The van der Waals surface area contributed by atoms with Crippen molar-refractivity contribution in [2.75, 3.05) is 13.2 Å². The molecule has 0 aromatic carbocycles. The molecule has 0 atom stereocenters. The van der Waals surface area contributed by atoms with Gasteiger partial charge in [-0.05, 0) is 19.9 Å². The largest absolute Gasteiger partial charge is 0.382 e. The molecule has 0 fully saturated rings. The van der Waals surface area contributed by atoms with Crippen molar-refractivity contribution < 1.29 is 4.74 Å². The normalized spacial score (nSPS) is 8.20. The van der Waals surface area contributed by atoms with Crippen LogP contribution in [0.5, 0.6) is 0 Å². The summed E-state index contributed by atoms with van der Waals surface area (Å²) in [6.45, 7) is 5.67. The Morgan fingerprint density at radius 3 is 2.20 bits per heavy atom. The van der Waals surface area contributed by atoms with Gasteiger partial charge in [-0.3, -0.25) is 5.10 Å². The van der Waals surface area contributed by atoms with Crippen LogP contribution in [0, 0.1) is 0 Å². The number of rotatable bonds is 2. The molecule has 0 aliphatic heterocycles. The molecule has 0 aliphatic carbocycles. The van der Waals surface area contributed by atoms with Gasteiger partial charge in [-0.25, -0.2) is 0 Å². The first-order chi connectivity index (χ1) is 4.91. The van der Waals surface area contributed by atoms with Gasteiger partial charge in [0.2, 0.25) is 0 Å². The van der Waals surface area contributed by atoms with Gasteiger partial charge >= 0.3 is 0 Å². The van der Waals surface area contributed by atoms with Crippen LogP contribution in [-0.2, 0) is 4.74 Å². The Labute approximate surface area is 61.4 Å². The van der Waals surface area contributed by atoms with E-state index in [-0.39, 0.29) is 0 Å². The van der Waals surface area contributed by atoms with E-state index < -0.39 is 0 Å². The fourth-order valence-electron chi connectivity index (χ4n) is 0.419. The van der Waals surface area contributed by atoms with Gasteiger partial charge in [0.05, 0.1) is 0 Å². The standard InChI is InChI=1S/C4H10O.C3H4N2/c1-3-5-4-2;1-2-4-5-3-1/h3-4H2,1-2H3;1-3H,(H,4,5). The van der Waals surface area contributed by atoms with Crippen molar-refractivity contribution in [1.29, 1.82) is 0 Å².